The average Bonchev–Trinajstić information content (AvgIpc) is 2.54. The molecule has 0 saturated heterocycles. The molecule has 0 fully saturated rings. The number of nitrogens with zero attached hydrogens (tertiary/aromatic N) is 1. The number of benzene rings is 1. The lowest BCUT2D eigenvalue weighted by Gasteiger charge is -2.07. The fraction of sp³-hybridized carbons (Fsp3) is 0. The molecule has 1 aromatic carbocycles. The molecule has 7 nitrogen and oxygen atoms in total. The van der Waals surface area contributed by atoms with Crippen LogP contribution in [0.5, 0.6) is 0 Å². The smallest absolute Gasteiger partial charge is 0.279 e. The van der Waals surface area contributed by atoms with E-state index in [1.54, 1.807) is 36.4 Å². The van der Waals surface area contributed by atoms with E-state index in [0.29, 0.717) is 11.3 Å². The molecule has 0 unspecified atom stereocenters. The molecule has 0 bridgehead atoms. The number of rotatable bonds is 5. The maximum absolute atomic E-state index is 12.1. The third-order valence-electron chi connectivity index (χ3n) is 2.61. The number of hydroxylamine groups is 1. The van der Waals surface area contributed by atoms with Gasteiger partial charge in [0.25, 0.3) is 15.9 Å². The molecule has 0 saturated carbocycles. The van der Waals surface area contributed by atoms with Crippen molar-refractivity contribution >= 4 is 27.7 Å². The van der Waals surface area contributed by atoms with Crippen molar-refractivity contribution in [1.82, 2.24) is 10.5 Å². The molecule has 1 heterocycles. The molecule has 0 radical (unpaired) electrons. The number of carbonyl (C=O) groups excluding carboxylic acids is 1. The Morgan fingerprint density at radius 3 is 2.45 bits per heavy atom. The summed E-state index contributed by atoms with van der Waals surface area (Å²) in [7, 11) is -3.73. The Bertz CT molecular complexity index is 771. The van der Waals surface area contributed by atoms with Gasteiger partial charge in [0.05, 0.1) is 0 Å². The number of aromatic nitrogens is 1. The first-order valence-corrected chi connectivity index (χ1v) is 7.66. The minimum absolute atomic E-state index is 0.0708. The number of sulfonamides is 1. The second-order valence-corrected chi connectivity index (χ2v) is 5.83. The van der Waals surface area contributed by atoms with Gasteiger partial charge in [0.1, 0.15) is 0 Å². The molecule has 2 rings (SSSR count). The lowest BCUT2D eigenvalue weighted by molar-refractivity contribution is -0.124. The van der Waals surface area contributed by atoms with Gasteiger partial charge in [-0.15, -0.1) is 0 Å². The van der Waals surface area contributed by atoms with Crippen molar-refractivity contribution in [3.8, 4) is 0 Å². The fourth-order valence-corrected chi connectivity index (χ4v) is 2.59. The third kappa shape index (κ3) is 4.14. The maximum atomic E-state index is 12.1. The molecule has 0 aliphatic heterocycles. The van der Waals surface area contributed by atoms with E-state index in [4.69, 9.17) is 5.21 Å². The van der Waals surface area contributed by atoms with Crippen molar-refractivity contribution < 1.29 is 18.4 Å². The first-order chi connectivity index (χ1) is 10.5. The Kier molecular flexibility index (Phi) is 4.87. The predicted molar refractivity (Wildman–Crippen MR) is 80.5 cm³/mol. The molecule has 8 heteroatoms. The molecular weight excluding hydrogens is 306 g/mol. The molecule has 1 amide bonds. The second kappa shape index (κ2) is 6.83. The van der Waals surface area contributed by atoms with Crippen LogP contribution in [0.25, 0.3) is 6.08 Å². The quantitative estimate of drug-likeness (QED) is 0.438. The van der Waals surface area contributed by atoms with Gasteiger partial charge in [0.15, 0.2) is 5.03 Å². The van der Waals surface area contributed by atoms with Gasteiger partial charge in [-0.1, -0.05) is 18.2 Å². The molecule has 0 atom stereocenters. The van der Waals surface area contributed by atoms with Gasteiger partial charge >= 0.3 is 0 Å². The topological polar surface area (TPSA) is 108 Å². The van der Waals surface area contributed by atoms with Crippen LogP contribution in [0.1, 0.15) is 5.56 Å². The van der Waals surface area contributed by atoms with E-state index in [0.717, 1.165) is 6.08 Å². The summed E-state index contributed by atoms with van der Waals surface area (Å²) in [5, 5.41) is 8.29. The van der Waals surface area contributed by atoms with Gasteiger partial charge in [-0.25, -0.2) is 10.5 Å². The van der Waals surface area contributed by atoms with E-state index in [1.807, 2.05) is 0 Å². The zero-order chi connectivity index (χ0) is 16.0. The number of hydrogen-bond acceptors (Lipinski definition) is 5. The van der Waals surface area contributed by atoms with Crippen LogP contribution in [-0.4, -0.2) is 24.5 Å². The van der Waals surface area contributed by atoms with Crippen LogP contribution in [0.3, 0.4) is 0 Å². The number of amides is 1. The molecule has 2 aromatic rings. The zero-order valence-electron chi connectivity index (χ0n) is 11.3. The van der Waals surface area contributed by atoms with E-state index in [1.165, 1.54) is 23.8 Å². The van der Waals surface area contributed by atoms with Crippen LogP contribution in [0, 0.1) is 0 Å². The zero-order valence-corrected chi connectivity index (χ0v) is 12.1. The van der Waals surface area contributed by atoms with E-state index in [9.17, 15) is 13.2 Å². The largest absolute Gasteiger partial charge is 0.288 e. The summed E-state index contributed by atoms with van der Waals surface area (Å²) in [6.07, 6.45) is 4.02. The highest BCUT2D eigenvalue weighted by Crippen LogP contribution is 2.15. The first-order valence-electron chi connectivity index (χ1n) is 6.17. The first kappa shape index (κ1) is 15.7. The van der Waals surface area contributed by atoms with E-state index in [2.05, 4.69) is 9.71 Å². The molecule has 114 valence electrons. The van der Waals surface area contributed by atoms with Crippen molar-refractivity contribution in [2.75, 3.05) is 4.72 Å². The number of hydrogen-bond donors (Lipinski definition) is 3. The molecular formula is C14H13N3O4S. The predicted octanol–water partition coefficient (Wildman–Crippen LogP) is 1.40. The highest BCUT2D eigenvalue weighted by molar-refractivity contribution is 7.92. The SMILES string of the molecule is O=C(C=Cc1ccc(NS(=O)(=O)c2ccccn2)cc1)NO. The minimum atomic E-state index is -3.73. The lowest BCUT2D eigenvalue weighted by Crippen LogP contribution is -2.14. The molecule has 22 heavy (non-hydrogen) atoms. The van der Waals surface area contributed by atoms with Crippen LogP contribution >= 0.6 is 0 Å². The van der Waals surface area contributed by atoms with Crippen molar-refractivity contribution in [1.29, 1.82) is 0 Å². The van der Waals surface area contributed by atoms with Crippen LogP contribution in [0.4, 0.5) is 5.69 Å². The number of pyridine rings is 1. The second-order valence-electron chi connectivity index (χ2n) is 4.20. The van der Waals surface area contributed by atoms with Gasteiger partial charge in [-0.3, -0.25) is 14.7 Å². The molecule has 0 aliphatic rings. The Morgan fingerprint density at radius 1 is 1.14 bits per heavy atom. The number of carbonyl (C=O) groups is 1. The fourth-order valence-electron chi connectivity index (χ4n) is 1.58. The Hall–Kier alpha value is -2.71. The Labute approximate surface area is 127 Å². The van der Waals surface area contributed by atoms with Gasteiger partial charge in [0.2, 0.25) is 0 Å². The molecule has 1 aromatic heterocycles. The number of anilines is 1. The summed E-state index contributed by atoms with van der Waals surface area (Å²) in [6, 6.07) is 11.0. The number of nitrogens with one attached hydrogen (secondary N) is 2. The average molecular weight is 319 g/mol. The normalized spacial score (nSPS) is 11.3. The highest BCUT2D eigenvalue weighted by atomic mass is 32.2. The molecule has 3 N–H and O–H groups in total. The maximum Gasteiger partial charge on any atom is 0.279 e. The summed E-state index contributed by atoms with van der Waals surface area (Å²) in [4.78, 5) is 14.6. The van der Waals surface area contributed by atoms with Crippen LogP contribution in [0.2, 0.25) is 0 Å². The lowest BCUT2D eigenvalue weighted by atomic mass is 10.2. The summed E-state index contributed by atoms with van der Waals surface area (Å²) in [5.74, 6) is -0.653. The van der Waals surface area contributed by atoms with Gasteiger partial charge in [-0.05, 0) is 35.9 Å². The van der Waals surface area contributed by atoms with Gasteiger partial charge in [-0.2, -0.15) is 8.42 Å². The van der Waals surface area contributed by atoms with Crippen LogP contribution in [-0.2, 0) is 14.8 Å². The molecule has 0 aliphatic carbocycles. The van der Waals surface area contributed by atoms with E-state index < -0.39 is 15.9 Å². The van der Waals surface area contributed by atoms with Crippen molar-refractivity contribution in [3.05, 3.63) is 60.3 Å². The Balaban J connectivity index is 2.12. The van der Waals surface area contributed by atoms with Crippen LogP contribution < -0.4 is 10.2 Å². The highest BCUT2D eigenvalue weighted by Gasteiger charge is 2.14. The molecule has 0 spiro atoms. The van der Waals surface area contributed by atoms with Gasteiger partial charge in [0, 0.05) is 18.0 Å². The van der Waals surface area contributed by atoms with Crippen molar-refractivity contribution in [2.45, 2.75) is 5.03 Å². The summed E-state index contributed by atoms with van der Waals surface area (Å²) >= 11 is 0. The van der Waals surface area contributed by atoms with Gasteiger partial charge < -0.3 is 0 Å². The standard InChI is InChI=1S/C14H13N3O4S/c18-13(16-19)9-6-11-4-7-12(8-5-11)17-22(20,21)14-3-1-2-10-15-14/h1-10,17,19H,(H,16,18). The summed E-state index contributed by atoms with van der Waals surface area (Å²) in [5.41, 5.74) is 2.51. The Morgan fingerprint density at radius 2 is 1.86 bits per heavy atom. The minimum Gasteiger partial charge on any atom is -0.288 e. The summed E-state index contributed by atoms with van der Waals surface area (Å²) in [6.45, 7) is 0. The summed E-state index contributed by atoms with van der Waals surface area (Å²) < 4.78 is 26.5. The van der Waals surface area contributed by atoms with E-state index in [-0.39, 0.29) is 5.03 Å². The monoisotopic (exact) mass is 319 g/mol. The van der Waals surface area contributed by atoms with E-state index >= 15 is 0 Å². The van der Waals surface area contributed by atoms with Crippen molar-refractivity contribution in [3.63, 3.8) is 0 Å². The van der Waals surface area contributed by atoms with Crippen molar-refractivity contribution in [2.24, 2.45) is 0 Å². The third-order valence-corrected chi connectivity index (χ3v) is 3.91. The van der Waals surface area contributed by atoms with Crippen LogP contribution in [0.15, 0.2) is 59.8 Å².